The summed E-state index contributed by atoms with van der Waals surface area (Å²) in [7, 11) is -2.27. The van der Waals surface area contributed by atoms with Crippen LogP contribution < -0.4 is 4.72 Å². The third-order valence-electron chi connectivity index (χ3n) is 2.45. The standard InChI is InChI=1S/C12H16ClNO6S/c1-19-6-7-20-5-4-14-21(17,18)9-2-3-11(13)10(8-9)12(15)16/h2-3,8,14H,4-7H2,1H3,(H,15,16). The fourth-order valence-corrected chi connectivity index (χ4v) is 2.65. The number of carboxylic acid groups (broad SMARTS) is 1. The van der Waals surface area contributed by atoms with Crippen LogP contribution in [0.2, 0.25) is 5.02 Å². The Morgan fingerprint density at radius 2 is 2.05 bits per heavy atom. The maximum absolute atomic E-state index is 12.0. The summed E-state index contributed by atoms with van der Waals surface area (Å²) < 4.78 is 36.2. The zero-order chi connectivity index (χ0) is 15.9. The largest absolute Gasteiger partial charge is 0.478 e. The average Bonchev–Trinajstić information content (AvgIpc) is 2.42. The number of halogens is 1. The molecule has 9 heteroatoms. The third kappa shape index (κ3) is 5.60. The van der Waals surface area contributed by atoms with Crippen LogP contribution in [0.25, 0.3) is 0 Å². The van der Waals surface area contributed by atoms with Gasteiger partial charge in [0.1, 0.15) is 0 Å². The van der Waals surface area contributed by atoms with E-state index in [1.54, 1.807) is 0 Å². The van der Waals surface area contributed by atoms with E-state index in [1.807, 2.05) is 0 Å². The molecule has 1 aromatic carbocycles. The molecule has 0 aliphatic carbocycles. The zero-order valence-corrected chi connectivity index (χ0v) is 12.9. The van der Waals surface area contributed by atoms with E-state index in [-0.39, 0.29) is 28.6 Å². The van der Waals surface area contributed by atoms with Gasteiger partial charge in [0.2, 0.25) is 10.0 Å². The molecule has 1 aromatic rings. The lowest BCUT2D eigenvalue weighted by Gasteiger charge is -2.08. The monoisotopic (exact) mass is 337 g/mol. The van der Waals surface area contributed by atoms with Crippen molar-refractivity contribution in [1.29, 1.82) is 0 Å². The van der Waals surface area contributed by atoms with Crippen molar-refractivity contribution in [2.75, 3.05) is 33.5 Å². The summed E-state index contributed by atoms with van der Waals surface area (Å²) in [5.74, 6) is -1.29. The summed E-state index contributed by atoms with van der Waals surface area (Å²) in [5, 5.41) is 8.90. The predicted molar refractivity (Wildman–Crippen MR) is 76.3 cm³/mol. The van der Waals surface area contributed by atoms with Crippen LogP contribution in [0.1, 0.15) is 10.4 Å². The van der Waals surface area contributed by atoms with Gasteiger partial charge >= 0.3 is 5.97 Å². The number of nitrogens with one attached hydrogen (secondary N) is 1. The Morgan fingerprint density at radius 1 is 1.33 bits per heavy atom. The Hall–Kier alpha value is -1.19. The first-order chi connectivity index (χ1) is 9.88. The van der Waals surface area contributed by atoms with Crippen molar-refractivity contribution in [3.8, 4) is 0 Å². The SMILES string of the molecule is COCCOCCNS(=O)(=O)c1ccc(Cl)c(C(=O)O)c1. The van der Waals surface area contributed by atoms with Crippen molar-refractivity contribution in [1.82, 2.24) is 4.72 Å². The van der Waals surface area contributed by atoms with E-state index >= 15 is 0 Å². The van der Waals surface area contributed by atoms with E-state index in [2.05, 4.69) is 4.72 Å². The number of hydrogen-bond donors (Lipinski definition) is 2. The van der Waals surface area contributed by atoms with Crippen LogP contribution in [0.3, 0.4) is 0 Å². The molecule has 0 atom stereocenters. The summed E-state index contributed by atoms with van der Waals surface area (Å²) in [5.41, 5.74) is -0.268. The fraction of sp³-hybridized carbons (Fsp3) is 0.417. The number of carbonyl (C=O) groups is 1. The van der Waals surface area contributed by atoms with Gasteiger partial charge in [-0.1, -0.05) is 11.6 Å². The average molecular weight is 338 g/mol. The highest BCUT2D eigenvalue weighted by molar-refractivity contribution is 7.89. The molecule has 7 nitrogen and oxygen atoms in total. The van der Waals surface area contributed by atoms with Crippen LogP contribution in [-0.2, 0) is 19.5 Å². The van der Waals surface area contributed by atoms with Crippen LogP contribution in [0.5, 0.6) is 0 Å². The molecule has 0 aliphatic rings. The van der Waals surface area contributed by atoms with Gasteiger partial charge in [-0.05, 0) is 18.2 Å². The van der Waals surface area contributed by atoms with Gasteiger partial charge in [-0.3, -0.25) is 0 Å². The molecule has 0 aromatic heterocycles. The topological polar surface area (TPSA) is 102 Å². The second-order valence-electron chi connectivity index (χ2n) is 3.95. The van der Waals surface area contributed by atoms with Gasteiger partial charge in [0, 0.05) is 13.7 Å². The van der Waals surface area contributed by atoms with E-state index in [1.165, 1.54) is 19.2 Å². The highest BCUT2D eigenvalue weighted by Crippen LogP contribution is 2.20. The summed E-state index contributed by atoms with van der Waals surface area (Å²) in [4.78, 5) is 10.8. The minimum atomic E-state index is -3.81. The molecule has 0 heterocycles. The first-order valence-electron chi connectivity index (χ1n) is 5.97. The van der Waals surface area contributed by atoms with Gasteiger partial charge in [-0.2, -0.15) is 0 Å². The lowest BCUT2D eigenvalue weighted by atomic mass is 10.2. The molecule has 0 radical (unpaired) electrons. The van der Waals surface area contributed by atoms with Gasteiger partial charge in [-0.25, -0.2) is 17.9 Å². The van der Waals surface area contributed by atoms with Crippen molar-refractivity contribution in [3.05, 3.63) is 28.8 Å². The van der Waals surface area contributed by atoms with Crippen LogP contribution in [0.15, 0.2) is 23.1 Å². The van der Waals surface area contributed by atoms with Gasteiger partial charge < -0.3 is 14.6 Å². The Morgan fingerprint density at radius 3 is 2.67 bits per heavy atom. The zero-order valence-electron chi connectivity index (χ0n) is 11.3. The first kappa shape index (κ1) is 17.9. The van der Waals surface area contributed by atoms with E-state index in [0.29, 0.717) is 13.2 Å². The smallest absolute Gasteiger partial charge is 0.337 e. The van der Waals surface area contributed by atoms with Gasteiger partial charge in [-0.15, -0.1) is 0 Å². The lowest BCUT2D eigenvalue weighted by molar-refractivity contribution is 0.0696. The summed E-state index contributed by atoms with van der Waals surface area (Å²) >= 11 is 5.69. The summed E-state index contributed by atoms with van der Waals surface area (Å²) in [6, 6.07) is 3.48. The maximum Gasteiger partial charge on any atom is 0.337 e. The number of rotatable bonds is 9. The second kappa shape index (κ2) is 8.30. The number of aromatic carboxylic acids is 1. The molecule has 0 amide bonds. The van der Waals surface area contributed by atoms with Crippen LogP contribution in [-0.4, -0.2) is 53.0 Å². The summed E-state index contributed by atoms with van der Waals surface area (Å²) in [6.07, 6.45) is 0. The van der Waals surface area contributed by atoms with Crippen molar-refractivity contribution in [2.45, 2.75) is 4.90 Å². The first-order valence-corrected chi connectivity index (χ1v) is 7.84. The predicted octanol–water partition coefficient (Wildman–Crippen LogP) is 0.980. The molecule has 0 aliphatic heterocycles. The molecular weight excluding hydrogens is 322 g/mol. The van der Waals surface area contributed by atoms with Crippen LogP contribution in [0, 0.1) is 0 Å². The molecule has 0 bridgehead atoms. The lowest BCUT2D eigenvalue weighted by Crippen LogP contribution is -2.28. The van der Waals surface area contributed by atoms with E-state index in [0.717, 1.165) is 6.07 Å². The number of carboxylic acids is 1. The van der Waals surface area contributed by atoms with Crippen molar-refractivity contribution >= 4 is 27.6 Å². The molecule has 1 rings (SSSR count). The van der Waals surface area contributed by atoms with Gasteiger partial charge in [0.05, 0.1) is 35.3 Å². The fourth-order valence-electron chi connectivity index (χ4n) is 1.41. The van der Waals surface area contributed by atoms with E-state index < -0.39 is 16.0 Å². The molecule has 0 unspecified atom stereocenters. The number of ether oxygens (including phenoxy) is 2. The normalized spacial score (nSPS) is 11.5. The Kier molecular flexibility index (Phi) is 7.06. The molecule has 0 spiro atoms. The van der Waals surface area contributed by atoms with Crippen molar-refractivity contribution < 1.29 is 27.8 Å². The molecule has 0 fully saturated rings. The molecular formula is C12H16ClNO6S. The maximum atomic E-state index is 12.0. The Bertz CT molecular complexity index is 589. The third-order valence-corrected chi connectivity index (χ3v) is 4.24. The number of methoxy groups -OCH3 is 1. The Labute approximate surface area is 127 Å². The molecule has 2 N–H and O–H groups in total. The highest BCUT2D eigenvalue weighted by atomic mass is 35.5. The second-order valence-corrected chi connectivity index (χ2v) is 6.12. The molecule has 21 heavy (non-hydrogen) atoms. The van der Waals surface area contributed by atoms with Gasteiger partial charge in [0.15, 0.2) is 0 Å². The number of hydrogen-bond acceptors (Lipinski definition) is 5. The van der Waals surface area contributed by atoms with Crippen molar-refractivity contribution in [2.24, 2.45) is 0 Å². The van der Waals surface area contributed by atoms with Gasteiger partial charge in [0.25, 0.3) is 0 Å². The van der Waals surface area contributed by atoms with Crippen LogP contribution in [0.4, 0.5) is 0 Å². The number of benzene rings is 1. The van der Waals surface area contributed by atoms with E-state index in [9.17, 15) is 13.2 Å². The molecule has 118 valence electrons. The minimum Gasteiger partial charge on any atom is -0.478 e. The quantitative estimate of drug-likeness (QED) is 0.651. The molecule has 0 saturated carbocycles. The highest BCUT2D eigenvalue weighted by Gasteiger charge is 2.17. The molecule has 0 saturated heterocycles. The Balaban J connectivity index is 2.66. The minimum absolute atomic E-state index is 0.0238. The number of sulfonamides is 1. The van der Waals surface area contributed by atoms with Crippen LogP contribution >= 0.6 is 11.6 Å². The van der Waals surface area contributed by atoms with Crippen molar-refractivity contribution in [3.63, 3.8) is 0 Å². The van der Waals surface area contributed by atoms with E-state index in [4.69, 9.17) is 26.2 Å². The summed E-state index contributed by atoms with van der Waals surface area (Å²) in [6.45, 7) is 1.04.